The summed E-state index contributed by atoms with van der Waals surface area (Å²) in [4.78, 5) is 2.28. The molecule has 106 valence electrons. The molecule has 1 heterocycles. The molecule has 0 saturated carbocycles. The number of anilines is 1. The van der Waals surface area contributed by atoms with Crippen molar-refractivity contribution >= 4 is 17.3 Å². The molecule has 0 amide bonds. The lowest BCUT2D eigenvalue weighted by molar-refractivity contribution is 0.118. The molecule has 0 spiro atoms. The number of nitrogens with zero attached hydrogens (tertiary/aromatic N) is 1. The maximum atomic E-state index is 6.35. The van der Waals surface area contributed by atoms with Gasteiger partial charge in [0.2, 0.25) is 0 Å². The van der Waals surface area contributed by atoms with Gasteiger partial charge in [-0.15, -0.1) is 0 Å². The van der Waals surface area contributed by atoms with E-state index in [1.165, 1.54) is 0 Å². The van der Waals surface area contributed by atoms with Crippen LogP contribution >= 0.6 is 11.6 Å². The predicted octanol–water partition coefficient (Wildman–Crippen LogP) is 3.06. The van der Waals surface area contributed by atoms with Crippen molar-refractivity contribution in [2.45, 2.75) is 39.0 Å². The van der Waals surface area contributed by atoms with Gasteiger partial charge in [-0.05, 0) is 37.6 Å². The summed E-state index contributed by atoms with van der Waals surface area (Å²) in [5, 5.41) is 4.13. The average Bonchev–Trinajstić information content (AvgIpc) is 2.82. The molecule has 1 aromatic carbocycles. The molecule has 0 bridgehead atoms. The van der Waals surface area contributed by atoms with Gasteiger partial charge in [-0.25, -0.2) is 0 Å². The van der Waals surface area contributed by atoms with Crippen LogP contribution in [0.5, 0.6) is 0 Å². The smallest absolute Gasteiger partial charge is 0.0750 e. The van der Waals surface area contributed by atoms with Crippen LogP contribution in [-0.4, -0.2) is 32.3 Å². The number of rotatable bonds is 5. The van der Waals surface area contributed by atoms with Crippen LogP contribution in [0.1, 0.15) is 25.8 Å². The average molecular weight is 283 g/mol. The molecule has 2 rings (SSSR count). The third-order valence-corrected chi connectivity index (χ3v) is 4.19. The predicted molar refractivity (Wildman–Crippen MR) is 81.1 cm³/mol. The lowest BCUT2D eigenvalue weighted by Gasteiger charge is -2.29. The second-order valence-electron chi connectivity index (χ2n) is 5.10. The summed E-state index contributed by atoms with van der Waals surface area (Å²) in [6, 6.07) is 6.75. The number of hydrogen-bond acceptors (Lipinski definition) is 3. The maximum Gasteiger partial charge on any atom is 0.0750 e. The van der Waals surface area contributed by atoms with Gasteiger partial charge in [0.15, 0.2) is 0 Å². The van der Waals surface area contributed by atoms with Gasteiger partial charge >= 0.3 is 0 Å². The Labute approximate surface area is 120 Å². The molecule has 1 N–H and O–H groups in total. The molecule has 0 aliphatic carbocycles. The summed E-state index contributed by atoms with van der Waals surface area (Å²) in [6.45, 7) is 6.85. The molecule has 1 aromatic rings. The van der Waals surface area contributed by atoms with E-state index >= 15 is 0 Å². The van der Waals surface area contributed by atoms with Crippen molar-refractivity contribution in [3.05, 3.63) is 28.8 Å². The van der Waals surface area contributed by atoms with E-state index in [1.54, 1.807) is 0 Å². The first-order valence-electron chi connectivity index (χ1n) is 6.97. The highest BCUT2D eigenvalue weighted by molar-refractivity contribution is 6.31. The molecule has 1 aliphatic heterocycles. The summed E-state index contributed by atoms with van der Waals surface area (Å²) >= 11 is 6.35. The minimum atomic E-state index is 0.283. The van der Waals surface area contributed by atoms with Crippen LogP contribution in [-0.2, 0) is 11.3 Å². The van der Waals surface area contributed by atoms with Crippen LogP contribution in [0, 0.1) is 0 Å². The number of likely N-dealkylation sites (N-methyl/N-ethyl adjacent to an activating group) is 1. The molecule has 1 fully saturated rings. The first-order valence-corrected chi connectivity index (χ1v) is 7.35. The Bertz CT molecular complexity index is 425. The summed E-state index contributed by atoms with van der Waals surface area (Å²) in [6.07, 6.45) is 1.36. The van der Waals surface area contributed by atoms with Crippen molar-refractivity contribution in [3.63, 3.8) is 0 Å². The molecular weight excluding hydrogens is 260 g/mol. The molecular formula is C15H23ClN2O. The first kappa shape index (κ1) is 14.6. The van der Waals surface area contributed by atoms with Gasteiger partial charge < -0.3 is 15.0 Å². The summed E-state index contributed by atoms with van der Waals surface area (Å²) in [5.74, 6) is 0. The summed E-state index contributed by atoms with van der Waals surface area (Å²) < 4.78 is 5.63. The Morgan fingerprint density at radius 3 is 2.84 bits per heavy atom. The quantitative estimate of drug-likeness (QED) is 0.898. The van der Waals surface area contributed by atoms with Crippen LogP contribution in [0.4, 0.5) is 5.69 Å². The number of hydrogen-bond donors (Lipinski definition) is 1. The van der Waals surface area contributed by atoms with E-state index in [0.29, 0.717) is 6.04 Å². The van der Waals surface area contributed by atoms with E-state index in [0.717, 1.165) is 42.4 Å². The zero-order valence-corrected chi connectivity index (χ0v) is 12.7. The van der Waals surface area contributed by atoms with Crippen LogP contribution in [0.25, 0.3) is 0 Å². The van der Waals surface area contributed by atoms with Gasteiger partial charge in [-0.1, -0.05) is 24.6 Å². The minimum Gasteiger partial charge on any atom is -0.376 e. The molecule has 0 aromatic heterocycles. The van der Waals surface area contributed by atoms with E-state index in [9.17, 15) is 0 Å². The molecule has 1 saturated heterocycles. The zero-order valence-electron chi connectivity index (χ0n) is 11.9. The molecule has 19 heavy (non-hydrogen) atoms. The van der Waals surface area contributed by atoms with Crippen LogP contribution in [0.15, 0.2) is 18.2 Å². The first-order chi connectivity index (χ1) is 9.13. The zero-order chi connectivity index (χ0) is 13.8. The SMILES string of the molecule is CCNCc1ccc(N(C)C2CCOC2C)cc1Cl. The van der Waals surface area contributed by atoms with Crippen LogP contribution in [0.2, 0.25) is 5.02 Å². The van der Waals surface area contributed by atoms with Crippen LogP contribution in [0.3, 0.4) is 0 Å². The molecule has 2 atom stereocenters. The Kier molecular flexibility index (Phi) is 5.08. The summed E-state index contributed by atoms with van der Waals surface area (Å²) in [7, 11) is 2.12. The topological polar surface area (TPSA) is 24.5 Å². The Morgan fingerprint density at radius 2 is 2.26 bits per heavy atom. The highest BCUT2D eigenvalue weighted by atomic mass is 35.5. The fourth-order valence-electron chi connectivity index (χ4n) is 2.58. The third-order valence-electron chi connectivity index (χ3n) is 3.84. The van der Waals surface area contributed by atoms with E-state index < -0.39 is 0 Å². The molecule has 0 radical (unpaired) electrons. The normalized spacial score (nSPS) is 22.7. The molecule has 4 heteroatoms. The van der Waals surface area contributed by atoms with Crippen molar-refractivity contribution in [1.82, 2.24) is 5.32 Å². The number of benzene rings is 1. The fourth-order valence-corrected chi connectivity index (χ4v) is 2.82. The molecule has 2 unspecified atom stereocenters. The van der Waals surface area contributed by atoms with Crippen molar-refractivity contribution < 1.29 is 4.74 Å². The Balaban J connectivity index is 2.10. The lowest BCUT2D eigenvalue weighted by atomic mass is 10.1. The Morgan fingerprint density at radius 1 is 1.47 bits per heavy atom. The molecule has 3 nitrogen and oxygen atoms in total. The van der Waals surface area contributed by atoms with Gasteiger partial charge in [-0.2, -0.15) is 0 Å². The number of halogens is 1. The highest BCUT2D eigenvalue weighted by Gasteiger charge is 2.28. The van der Waals surface area contributed by atoms with Crippen molar-refractivity contribution in [3.8, 4) is 0 Å². The second kappa shape index (κ2) is 6.60. The lowest BCUT2D eigenvalue weighted by Crippen LogP contribution is -2.36. The van der Waals surface area contributed by atoms with E-state index in [-0.39, 0.29) is 6.10 Å². The number of nitrogens with one attached hydrogen (secondary N) is 1. The van der Waals surface area contributed by atoms with Gasteiger partial charge in [0.05, 0.1) is 12.1 Å². The summed E-state index contributed by atoms with van der Waals surface area (Å²) in [5.41, 5.74) is 2.31. The van der Waals surface area contributed by atoms with E-state index in [4.69, 9.17) is 16.3 Å². The van der Waals surface area contributed by atoms with Gasteiger partial charge in [0, 0.05) is 30.9 Å². The second-order valence-corrected chi connectivity index (χ2v) is 5.51. The van der Waals surface area contributed by atoms with Gasteiger partial charge in [-0.3, -0.25) is 0 Å². The number of ether oxygens (including phenoxy) is 1. The minimum absolute atomic E-state index is 0.283. The standard InChI is InChI=1S/C15H23ClN2O/c1-4-17-10-12-5-6-13(9-14(12)16)18(3)15-7-8-19-11(15)2/h5-6,9,11,15,17H,4,7-8,10H2,1-3H3. The van der Waals surface area contributed by atoms with Crippen LogP contribution < -0.4 is 10.2 Å². The van der Waals surface area contributed by atoms with E-state index in [2.05, 4.69) is 49.3 Å². The van der Waals surface area contributed by atoms with Crippen molar-refractivity contribution in [2.24, 2.45) is 0 Å². The van der Waals surface area contributed by atoms with E-state index in [1.807, 2.05) is 0 Å². The largest absolute Gasteiger partial charge is 0.376 e. The molecule has 1 aliphatic rings. The third kappa shape index (κ3) is 3.41. The highest BCUT2D eigenvalue weighted by Crippen LogP contribution is 2.28. The van der Waals surface area contributed by atoms with Crippen molar-refractivity contribution in [2.75, 3.05) is 25.1 Å². The fraction of sp³-hybridized carbons (Fsp3) is 0.600. The van der Waals surface area contributed by atoms with Crippen molar-refractivity contribution in [1.29, 1.82) is 0 Å². The van der Waals surface area contributed by atoms with Gasteiger partial charge in [0.1, 0.15) is 0 Å². The Hall–Kier alpha value is -0.770. The monoisotopic (exact) mass is 282 g/mol. The van der Waals surface area contributed by atoms with Gasteiger partial charge in [0.25, 0.3) is 0 Å². The maximum absolute atomic E-state index is 6.35.